The number of hydrogen-bond donors (Lipinski definition) is 4. The highest BCUT2D eigenvalue weighted by molar-refractivity contribution is 7.13. The van der Waals surface area contributed by atoms with Crippen molar-refractivity contribution in [3.8, 4) is 10.6 Å². The van der Waals surface area contributed by atoms with Crippen LogP contribution in [0.3, 0.4) is 0 Å². The van der Waals surface area contributed by atoms with Crippen LogP contribution in [0.2, 0.25) is 0 Å². The van der Waals surface area contributed by atoms with Crippen molar-refractivity contribution >= 4 is 52.0 Å². The molecule has 4 N–H and O–H groups in total. The Balaban J connectivity index is 1.03. The summed E-state index contributed by atoms with van der Waals surface area (Å²) in [6, 6.07) is 8.41. The highest BCUT2D eigenvalue weighted by Crippen LogP contribution is 2.24. The summed E-state index contributed by atoms with van der Waals surface area (Å²) in [5.41, 5.74) is 3.36. The summed E-state index contributed by atoms with van der Waals surface area (Å²) in [6.45, 7) is 4.32. The number of ether oxygens (including phenoxy) is 1. The Morgan fingerprint density at radius 3 is 1.90 bits per heavy atom. The molecule has 254 valence electrons. The number of carbonyl (C=O) groups is 4. The van der Waals surface area contributed by atoms with Crippen molar-refractivity contribution in [2.24, 2.45) is 21.1 Å². The number of aryl methyl sites for hydroxylation is 3. The average Bonchev–Trinajstić information content (AvgIpc) is 3.88. The van der Waals surface area contributed by atoms with Crippen LogP contribution in [0.1, 0.15) is 42.0 Å². The third-order valence-electron chi connectivity index (χ3n) is 7.95. The Morgan fingerprint density at radius 2 is 1.35 bits per heavy atom. The van der Waals surface area contributed by atoms with Crippen LogP contribution in [0.4, 0.5) is 17.1 Å². The van der Waals surface area contributed by atoms with E-state index in [9.17, 15) is 19.2 Å². The largest absolute Gasteiger partial charge is 0.379 e. The quantitative estimate of drug-likeness (QED) is 0.165. The van der Waals surface area contributed by atoms with Crippen LogP contribution in [-0.2, 0) is 25.9 Å². The summed E-state index contributed by atoms with van der Waals surface area (Å²) in [4.78, 5) is 62.8. The molecule has 1 saturated heterocycles. The van der Waals surface area contributed by atoms with Gasteiger partial charge in [-0.25, -0.2) is 4.98 Å². The Morgan fingerprint density at radius 1 is 0.796 bits per heavy atom. The fourth-order valence-corrected chi connectivity index (χ4v) is 6.19. The van der Waals surface area contributed by atoms with Gasteiger partial charge in [0.15, 0.2) is 0 Å². The van der Waals surface area contributed by atoms with Crippen molar-refractivity contribution in [1.82, 2.24) is 33.9 Å². The Bertz CT molecular complexity index is 1990. The van der Waals surface area contributed by atoms with E-state index in [2.05, 4.69) is 36.1 Å². The van der Waals surface area contributed by atoms with Gasteiger partial charge in [-0.2, -0.15) is 0 Å². The van der Waals surface area contributed by atoms with E-state index in [1.165, 1.54) is 11.3 Å². The van der Waals surface area contributed by atoms with Gasteiger partial charge in [-0.05, 0) is 30.3 Å². The van der Waals surface area contributed by atoms with Gasteiger partial charge in [0.25, 0.3) is 23.6 Å². The van der Waals surface area contributed by atoms with Crippen molar-refractivity contribution in [2.45, 2.75) is 0 Å². The smallest absolute Gasteiger partial charge is 0.275 e. The van der Waals surface area contributed by atoms with Gasteiger partial charge in [0.2, 0.25) is 0 Å². The maximum absolute atomic E-state index is 13.2. The average molecular weight is 685 g/mol. The summed E-state index contributed by atoms with van der Waals surface area (Å²) >= 11 is 1.34. The summed E-state index contributed by atoms with van der Waals surface area (Å²) in [5.74, 6) is -1.48. The number of amides is 4. The molecule has 1 fully saturated rings. The van der Waals surface area contributed by atoms with E-state index in [1.807, 2.05) is 6.07 Å². The first-order chi connectivity index (χ1) is 23.6. The molecule has 0 aliphatic carbocycles. The number of rotatable bonds is 11. The number of pyridine rings is 1. The standard InChI is InChI=1S/C33H36N10O5S/c1-40-18-23(13-26(40)30(45)35-7-8-43-9-11-48-12-10-43)37-32(47)28-15-24(19-42(28)3)38-31(46)27-14-22(17-41(27)2)36-29(44)25-20-49-33(39-25)21-5-4-6-34-16-21/h4-6,13-20H,7-12H2,1-3H3,(H,35,45)(H,36,44)(H,37,47)(H,38,46). The predicted molar refractivity (Wildman–Crippen MR) is 185 cm³/mol. The Labute approximate surface area is 285 Å². The lowest BCUT2D eigenvalue weighted by atomic mass is 10.3. The molecule has 0 aromatic carbocycles. The van der Waals surface area contributed by atoms with E-state index in [0.29, 0.717) is 58.9 Å². The summed E-state index contributed by atoms with van der Waals surface area (Å²) in [5, 5.41) is 13.7. The molecular weight excluding hydrogens is 648 g/mol. The molecule has 0 bridgehead atoms. The highest BCUT2D eigenvalue weighted by atomic mass is 32.1. The first kappa shape index (κ1) is 33.3. The number of nitrogens with zero attached hydrogens (tertiary/aromatic N) is 6. The topological polar surface area (TPSA) is 169 Å². The summed E-state index contributed by atoms with van der Waals surface area (Å²) < 4.78 is 10.2. The monoisotopic (exact) mass is 684 g/mol. The number of anilines is 3. The van der Waals surface area contributed by atoms with Crippen molar-refractivity contribution in [3.05, 3.63) is 89.5 Å². The van der Waals surface area contributed by atoms with Crippen molar-refractivity contribution in [3.63, 3.8) is 0 Å². The molecule has 6 rings (SSSR count). The zero-order chi connectivity index (χ0) is 34.5. The molecule has 0 saturated carbocycles. The van der Waals surface area contributed by atoms with Gasteiger partial charge in [0.05, 0.1) is 30.3 Å². The van der Waals surface area contributed by atoms with Crippen molar-refractivity contribution in [1.29, 1.82) is 0 Å². The lowest BCUT2D eigenvalue weighted by Crippen LogP contribution is -2.41. The molecule has 15 nitrogen and oxygen atoms in total. The second kappa shape index (κ2) is 14.7. The molecular formula is C33H36N10O5S. The first-order valence-electron chi connectivity index (χ1n) is 15.5. The highest BCUT2D eigenvalue weighted by Gasteiger charge is 2.20. The number of hydrogen-bond acceptors (Lipinski definition) is 9. The lowest BCUT2D eigenvalue weighted by molar-refractivity contribution is 0.0383. The van der Waals surface area contributed by atoms with E-state index in [1.54, 1.807) is 95.5 Å². The minimum Gasteiger partial charge on any atom is -0.379 e. The van der Waals surface area contributed by atoms with Crippen LogP contribution in [0.15, 0.2) is 66.7 Å². The third-order valence-corrected chi connectivity index (χ3v) is 8.84. The molecule has 0 radical (unpaired) electrons. The Hall–Kier alpha value is -5.58. The molecule has 5 aromatic rings. The van der Waals surface area contributed by atoms with Crippen LogP contribution < -0.4 is 21.3 Å². The van der Waals surface area contributed by atoms with Gasteiger partial charge in [-0.15, -0.1) is 11.3 Å². The molecule has 0 spiro atoms. The first-order valence-corrected chi connectivity index (χ1v) is 16.4. The summed E-state index contributed by atoms with van der Waals surface area (Å²) in [7, 11) is 5.12. The minimum atomic E-state index is -0.430. The fourth-order valence-electron chi connectivity index (χ4n) is 5.40. The SMILES string of the molecule is Cn1cc(NC(=O)c2cc(NC(=O)c3cc(NC(=O)c4csc(-c5cccnc5)n4)cn3C)cn2C)cc1C(=O)NCCN1CCOCC1. The zero-order valence-electron chi connectivity index (χ0n) is 27.2. The van der Waals surface area contributed by atoms with Gasteiger partial charge >= 0.3 is 0 Å². The fraction of sp³-hybridized carbons (Fsp3) is 0.273. The van der Waals surface area contributed by atoms with Crippen LogP contribution in [0, 0.1) is 0 Å². The van der Waals surface area contributed by atoms with E-state index in [4.69, 9.17) is 4.74 Å². The number of aromatic nitrogens is 5. The van der Waals surface area contributed by atoms with E-state index < -0.39 is 17.7 Å². The van der Waals surface area contributed by atoms with Crippen LogP contribution >= 0.6 is 11.3 Å². The van der Waals surface area contributed by atoms with Gasteiger partial charge in [-0.3, -0.25) is 29.1 Å². The van der Waals surface area contributed by atoms with Crippen LogP contribution in [0.25, 0.3) is 10.6 Å². The van der Waals surface area contributed by atoms with Crippen molar-refractivity contribution in [2.75, 3.05) is 55.3 Å². The maximum atomic E-state index is 13.2. The second-order valence-electron chi connectivity index (χ2n) is 11.5. The normalized spacial score (nSPS) is 13.2. The number of thiazole rings is 1. The van der Waals surface area contributed by atoms with E-state index in [-0.39, 0.29) is 11.6 Å². The van der Waals surface area contributed by atoms with E-state index >= 15 is 0 Å². The molecule has 16 heteroatoms. The molecule has 5 aromatic heterocycles. The van der Waals surface area contributed by atoms with E-state index in [0.717, 1.165) is 25.2 Å². The molecule has 1 aliphatic rings. The summed E-state index contributed by atoms with van der Waals surface area (Å²) in [6.07, 6.45) is 8.27. The maximum Gasteiger partial charge on any atom is 0.275 e. The number of morpholine rings is 1. The number of nitrogens with one attached hydrogen (secondary N) is 4. The number of carbonyl (C=O) groups excluding carboxylic acids is 4. The van der Waals surface area contributed by atoms with Crippen molar-refractivity contribution < 1.29 is 23.9 Å². The molecule has 4 amide bonds. The predicted octanol–water partition coefficient (Wildman–Crippen LogP) is 3.04. The molecule has 49 heavy (non-hydrogen) atoms. The minimum absolute atomic E-state index is 0.235. The third kappa shape index (κ3) is 7.94. The van der Waals surface area contributed by atoms with Gasteiger partial charge in [0.1, 0.15) is 27.8 Å². The van der Waals surface area contributed by atoms with Crippen LogP contribution in [0.5, 0.6) is 0 Å². The molecule has 0 unspecified atom stereocenters. The zero-order valence-corrected chi connectivity index (χ0v) is 28.0. The Kier molecular flexibility index (Phi) is 9.98. The van der Waals surface area contributed by atoms with Gasteiger partial charge in [-0.1, -0.05) is 0 Å². The van der Waals surface area contributed by atoms with Gasteiger partial charge in [0, 0.05) is 89.2 Å². The van der Waals surface area contributed by atoms with Crippen LogP contribution in [-0.4, -0.2) is 91.6 Å². The lowest BCUT2D eigenvalue weighted by Gasteiger charge is -2.26. The van der Waals surface area contributed by atoms with Gasteiger partial charge < -0.3 is 39.7 Å². The molecule has 6 heterocycles. The second-order valence-corrected chi connectivity index (χ2v) is 12.4. The molecule has 0 atom stereocenters. The molecule has 1 aliphatic heterocycles.